The molecule has 2 aromatic heterocycles. The third-order valence-corrected chi connectivity index (χ3v) is 10.9. The number of phenolic OH excluding ortho intramolecular Hbond substituents is 1. The second kappa shape index (κ2) is 20.8. The van der Waals surface area contributed by atoms with E-state index in [4.69, 9.17) is 10.5 Å². The molecule has 4 aromatic rings. The number of nitrogens with two attached hydrogens (primary N) is 1. The number of aliphatic hydroxyl groups excluding tert-OH is 2. The standard InChI is InChI=1S/C40H49N9O12S/c1-20(48(2)36(56)25(41)16-21-7-6-8-23(50)15-21)31(35(55)43-19-29-32(52)33(53)37(61-29)49-13-11-30(51)46-40(49)60)47-34(54)27(12-14-62-3)44-39(59)45-28(38(57)58)17-22-18-42-26-10-5-4-9-24(22)26/h4-11,13,15,18-20,25,27-28,31-33,37,42,50,52-53H,12,14,16-17,41H2,1-3H3,(H,43,55)(H,47,54)(H,57,58)(H2,44,45,59)(H,46,51,60)/b29-19-/t20-,25-,27-,28-,31-,32+,33+,37+/m0/s1. The van der Waals surface area contributed by atoms with Crippen molar-refractivity contribution < 1.29 is 49.1 Å². The molecule has 0 radical (unpaired) electrons. The van der Waals surface area contributed by atoms with Gasteiger partial charge < -0.3 is 62.0 Å². The number of rotatable bonds is 18. The highest BCUT2D eigenvalue weighted by molar-refractivity contribution is 7.98. The fourth-order valence-corrected chi connectivity index (χ4v) is 7.23. The van der Waals surface area contributed by atoms with Gasteiger partial charge in [-0.05, 0) is 61.1 Å². The lowest BCUT2D eigenvalue weighted by Crippen LogP contribution is -2.62. The summed E-state index contributed by atoms with van der Waals surface area (Å²) in [5.41, 5.74) is 6.56. The Kier molecular flexibility index (Phi) is 15.6. The number of H-pyrrole nitrogens is 2. The van der Waals surface area contributed by atoms with Crippen molar-refractivity contribution in [3.05, 3.63) is 111 Å². The number of amides is 5. The number of fused-ring (bicyclic) bond motifs is 1. The summed E-state index contributed by atoms with van der Waals surface area (Å²) >= 11 is 1.35. The molecule has 0 saturated carbocycles. The van der Waals surface area contributed by atoms with Gasteiger partial charge in [0.1, 0.15) is 41.8 Å². The van der Waals surface area contributed by atoms with Gasteiger partial charge in [-0.3, -0.25) is 28.7 Å². The number of ether oxygens (including phenoxy) is 1. The summed E-state index contributed by atoms with van der Waals surface area (Å²) in [5, 5.41) is 52.0. The van der Waals surface area contributed by atoms with Crippen LogP contribution in [0.4, 0.5) is 4.79 Å². The Bertz CT molecular complexity index is 2420. The summed E-state index contributed by atoms with van der Waals surface area (Å²) < 4.78 is 6.40. The van der Waals surface area contributed by atoms with Gasteiger partial charge in [0.25, 0.3) is 5.56 Å². The molecule has 0 spiro atoms. The highest BCUT2D eigenvalue weighted by atomic mass is 32.2. The molecule has 5 rings (SSSR count). The maximum absolute atomic E-state index is 14.1. The van der Waals surface area contributed by atoms with E-state index in [-0.39, 0.29) is 25.0 Å². The van der Waals surface area contributed by atoms with Gasteiger partial charge in [-0.25, -0.2) is 14.4 Å². The molecule has 1 aliphatic heterocycles. The molecule has 0 bridgehead atoms. The summed E-state index contributed by atoms with van der Waals surface area (Å²) in [5.74, 6) is -3.92. The van der Waals surface area contributed by atoms with E-state index in [1.165, 1.54) is 37.9 Å². The molecule has 1 aliphatic rings. The van der Waals surface area contributed by atoms with E-state index < -0.39 is 95.4 Å². The smallest absolute Gasteiger partial charge is 0.331 e. The average Bonchev–Trinajstić information content (AvgIpc) is 3.77. The van der Waals surface area contributed by atoms with Crippen molar-refractivity contribution in [1.82, 2.24) is 40.7 Å². The quantitative estimate of drug-likeness (QED) is 0.0569. The number of thioether (sulfide) groups is 1. The van der Waals surface area contributed by atoms with Crippen LogP contribution in [0.3, 0.4) is 0 Å². The molecule has 332 valence electrons. The minimum Gasteiger partial charge on any atom is -0.508 e. The Labute approximate surface area is 357 Å². The molecule has 2 aromatic carbocycles. The molecule has 5 amide bonds. The van der Waals surface area contributed by atoms with Gasteiger partial charge in [0.15, 0.2) is 0 Å². The normalized spacial score (nSPS) is 19.1. The SMILES string of the molecule is CSCC[C@H](NC(=O)N[C@@H](Cc1c[nH]c2ccccc12)C(=O)O)C(=O)N[C@H](C(=O)N/C=C1\O[C@@H](n2ccc(=O)[nH]c2=O)[C@H](O)[C@@H]1O)[C@H](C)N(C)C(=O)[C@@H](N)Cc1cccc(O)c1. The topological polar surface area (TPSA) is 324 Å². The van der Waals surface area contributed by atoms with Gasteiger partial charge in [-0.2, -0.15) is 11.8 Å². The van der Waals surface area contributed by atoms with Gasteiger partial charge in [0.2, 0.25) is 23.9 Å². The van der Waals surface area contributed by atoms with Crippen LogP contribution >= 0.6 is 11.8 Å². The number of nitrogens with one attached hydrogen (secondary N) is 6. The first-order chi connectivity index (χ1) is 29.5. The summed E-state index contributed by atoms with van der Waals surface area (Å²) in [6.07, 6.45) is 0.274. The Morgan fingerprint density at radius 3 is 2.42 bits per heavy atom. The third kappa shape index (κ3) is 11.4. The zero-order valence-corrected chi connectivity index (χ0v) is 34.6. The molecule has 12 N–H and O–H groups in total. The molecule has 0 unspecified atom stereocenters. The van der Waals surface area contributed by atoms with Crippen LogP contribution in [-0.2, 0) is 36.8 Å². The number of nitrogens with zero attached hydrogens (tertiary/aromatic N) is 2. The molecule has 0 aliphatic carbocycles. The van der Waals surface area contributed by atoms with Crippen molar-refractivity contribution in [2.24, 2.45) is 5.73 Å². The number of carboxylic acid groups (broad SMARTS) is 1. The molecular formula is C40H49N9O12S. The molecule has 22 heteroatoms. The summed E-state index contributed by atoms with van der Waals surface area (Å²) in [6, 6.07) is 6.74. The van der Waals surface area contributed by atoms with Crippen molar-refractivity contribution in [3.8, 4) is 5.75 Å². The molecule has 62 heavy (non-hydrogen) atoms. The Morgan fingerprint density at radius 1 is 1.00 bits per heavy atom. The molecule has 3 heterocycles. The lowest BCUT2D eigenvalue weighted by atomic mass is 10.0. The average molecular weight is 880 g/mol. The zero-order valence-electron chi connectivity index (χ0n) is 33.8. The first-order valence-electron chi connectivity index (χ1n) is 19.3. The predicted octanol–water partition coefficient (Wildman–Crippen LogP) is -1.05. The number of hydrogen-bond acceptors (Lipinski definition) is 13. The number of aromatic nitrogens is 3. The minimum absolute atomic E-state index is 0.00413. The van der Waals surface area contributed by atoms with Gasteiger partial charge >= 0.3 is 17.7 Å². The number of aromatic hydroxyl groups is 1. The van der Waals surface area contributed by atoms with E-state index >= 15 is 0 Å². The Hall–Kier alpha value is -6.62. The highest BCUT2D eigenvalue weighted by Gasteiger charge is 2.42. The second-order valence-electron chi connectivity index (χ2n) is 14.6. The van der Waals surface area contributed by atoms with Crippen molar-refractivity contribution in [1.29, 1.82) is 0 Å². The summed E-state index contributed by atoms with van der Waals surface area (Å²) in [6.45, 7) is 1.44. The van der Waals surface area contributed by atoms with E-state index in [0.29, 0.717) is 16.9 Å². The fourth-order valence-electron chi connectivity index (χ4n) is 6.76. The van der Waals surface area contributed by atoms with E-state index in [2.05, 4.69) is 26.3 Å². The predicted molar refractivity (Wildman–Crippen MR) is 226 cm³/mol. The molecule has 8 atom stereocenters. The number of hydrogen-bond donors (Lipinski definition) is 11. The molecular weight excluding hydrogens is 831 g/mol. The number of aliphatic hydroxyl groups is 2. The maximum Gasteiger partial charge on any atom is 0.331 e. The van der Waals surface area contributed by atoms with E-state index in [1.54, 1.807) is 36.7 Å². The van der Waals surface area contributed by atoms with Crippen molar-refractivity contribution in [3.63, 3.8) is 0 Å². The third-order valence-electron chi connectivity index (χ3n) is 10.3. The number of carboxylic acids is 1. The molecule has 21 nitrogen and oxygen atoms in total. The summed E-state index contributed by atoms with van der Waals surface area (Å²) in [4.78, 5) is 97.5. The van der Waals surface area contributed by atoms with E-state index in [9.17, 15) is 54.0 Å². The number of carbonyl (C=O) groups is 5. The number of carbonyl (C=O) groups excluding carboxylic acids is 4. The Morgan fingerprint density at radius 2 is 1.73 bits per heavy atom. The van der Waals surface area contributed by atoms with Crippen LogP contribution < -0.4 is 38.2 Å². The number of aliphatic carboxylic acids is 1. The minimum atomic E-state index is -1.77. The highest BCUT2D eigenvalue weighted by Crippen LogP contribution is 2.30. The van der Waals surface area contributed by atoms with Gasteiger partial charge in [0.05, 0.1) is 12.1 Å². The molecule has 1 fully saturated rings. The van der Waals surface area contributed by atoms with Crippen molar-refractivity contribution >= 4 is 52.4 Å². The van der Waals surface area contributed by atoms with E-state index in [1.807, 2.05) is 17.1 Å². The maximum atomic E-state index is 14.1. The molecule has 1 saturated heterocycles. The zero-order chi connectivity index (χ0) is 45.2. The van der Waals surface area contributed by atoms with E-state index in [0.717, 1.165) is 38.8 Å². The van der Waals surface area contributed by atoms with Crippen LogP contribution in [0, 0.1) is 0 Å². The number of aromatic amines is 2. The monoisotopic (exact) mass is 879 g/mol. The summed E-state index contributed by atoms with van der Waals surface area (Å²) in [7, 11) is 1.35. The first kappa shape index (κ1) is 46.4. The first-order valence-corrected chi connectivity index (χ1v) is 20.7. The van der Waals surface area contributed by atoms with Gasteiger partial charge in [-0.1, -0.05) is 30.3 Å². The van der Waals surface area contributed by atoms with Crippen LogP contribution in [0.2, 0.25) is 0 Å². The number of benzene rings is 2. The van der Waals surface area contributed by atoms with Gasteiger partial charge in [-0.15, -0.1) is 0 Å². The number of para-hydroxylation sites is 1. The largest absolute Gasteiger partial charge is 0.508 e. The Balaban J connectivity index is 1.36. The van der Waals surface area contributed by atoms with Crippen LogP contribution in [0.5, 0.6) is 5.75 Å². The lowest BCUT2D eigenvalue weighted by Gasteiger charge is -2.34. The van der Waals surface area contributed by atoms with Crippen LogP contribution in [0.25, 0.3) is 10.9 Å². The number of phenols is 1. The fraction of sp³-hybridized carbons (Fsp3) is 0.375. The lowest BCUT2D eigenvalue weighted by molar-refractivity contribution is -0.139. The van der Waals surface area contributed by atoms with Crippen LogP contribution in [0.1, 0.15) is 30.7 Å². The van der Waals surface area contributed by atoms with Crippen molar-refractivity contribution in [2.75, 3.05) is 19.1 Å². The number of urea groups is 1. The van der Waals surface area contributed by atoms with Crippen LogP contribution in [-0.4, -0.2) is 131 Å². The van der Waals surface area contributed by atoms with Gasteiger partial charge in [0, 0.05) is 49.0 Å². The second-order valence-corrected chi connectivity index (χ2v) is 15.6. The number of likely N-dealkylation sites (N-methyl/N-ethyl adjacent to an activating group) is 1. The van der Waals surface area contributed by atoms with Crippen LogP contribution in [0.15, 0.2) is 88.5 Å². The van der Waals surface area contributed by atoms with Crippen molar-refractivity contribution in [2.45, 2.75) is 74.8 Å².